The zero-order valence-corrected chi connectivity index (χ0v) is 12.2. The number of hydrogen-bond acceptors (Lipinski definition) is 4. The first-order valence-electron chi connectivity index (χ1n) is 7.09. The molecule has 6 heteroatoms. The Kier molecular flexibility index (Phi) is 3.58. The molecule has 1 aliphatic rings. The Morgan fingerprint density at radius 1 is 1.18 bits per heavy atom. The van der Waals surface area contributed by atoms with E-state index in [0.29, 0.717) is 28.6 Å². The van der Waals surface area contributed by atoms with Crippen LogP contribution < -0.4 is 11.1 Å². The lowest BCUT2D eigenvalue weighted by Crippen LogP contribution is -2.15. The first-order valence-corrected chi connectivity index (χ1v) is 7.09. The number of primary amides is 1. The molecular weight excluding hydrogens is 280 g/mol. The van der Waals surface area contributed by atoms with Crippen molar-refractivity contribution in [2.45, 2.75) is 25.7 Å². The zero-order chi connectivity index (χ0) is 15.7. The smallest absolute Gasteiger partial charge is 0.255 e. The second-order valence-electron chi connectivity index (χ2n) is 5.39. The van der Waals surface area contributed by atoms with Crippen molar-refractivity contribution in [1.82, 2.24) is 9.97 Å². The number of rotatable bonds is 4. The van der Waals surface area contributed by atoms with E-state index in [1.807, 2.05) is 6.92 Å². The molecule has 1 aromatic heterocycles. The van der Waals surface area contributed by atoms with Crippen LogP contribution in [0.5, 0.6) is 0 Å². The van der Waals surface area contributed by atoms with Crippen molar-refractivity contribution >= 4 is 17.5 Å². The number of amides is 2. The summed E-state index contributed by atoms with van der Waals surface area (Å²) in [7, 11) is 0. The van der Waals surface area contributed by atoms with Crippen LogP contribution in [0, 0.1) is 6.92 Å². The Bertz CT molecular complexity index is 736. The van der Waals surface area contributed by atoms with E-state index in [4.69, 9.17) is 5.73 Å². The van der Waals surface area contributed by atoms with Gasteiger partial charge in [-0.3, -0.25) is 9.59 Å². The molecule has 3 rings (SSSR count). The van der Waals surface area contributed by atoms with Gasteiger partial charge in [-0.25, -0.2) is 9.97 Å². The molecule has 1 aromatic carbocycles. The third kappa shape index (κ3) is 2.95. The average molecular weight is 296 g/mol. The molecule has 2 amide bonds. The summed E-state index contributed by atoms with van der Waals surface area (Å²) in [4.78, 5) is 31.9. The Morgan fingerprint density at radius 2 is 1.82 bits per heavy atom. The summed E-state index contributed by atoms with van der Waals surface area (Å²) in [6.45, 7) is 1.83. The highest BCUT2D eigenvalue weighted by molar-refractivity contribution is 6.05. The Labute approximate surface area is 127 Å². The van der Waals surface area contributed by atoms with Crippen molar-refractivity contribution in [1.29, 1.82) is 0 Å². The first-order chi connectivity index (χ1) is 10.5. The lowest BCUT2D eigenvalue weighted by atomic mass is 10.1. The molecule has 2 aromatic rings. The van der Waals surface area contributed by atoms with E-state index in [1.165, 1.54) is 12.1 Å². The molecule has 0 spiro atoms. The number of nitrogens with zero attached hydrogens (tertiary/aromatic N) is 2. The van der Waals surface area contributed by atoms with Gasteiger partial charge in [0.05, 0.1) is 17.6 Å². The zero-order valence-electron chi connectivity index (χ0n) is 12.2. The molecule has 0 radical (unpaired) electrons. The van der Waals surface area contributed by atoms with E-state index in [9.17, 15) is 9.59 Å². The molecule has 1 fully saturated rings. The summed E-state index contributed by atoms with van der Waals surface area (Å²) in [5.74, 6) is 0.334. The fraction of sp³-hybridized carbons (Fsp3) is 0.250. The maximum atomic E-state index is 12.3. The third-order valence-electron chi connectivity index (χ3n) is 3.58. The maximum absolute atomic E-state index is 12.3. The van der Waals surface area contributed by atoms with E-state index >= 15 is 0 Å². The van der Waals surface area contributed by atoms with Crippen molar-refractivity contribution in [3.8, 4) is 0 Å². The van der Waals surface area contributed by atoms with Gasteiger partial charge in [0, 0.05) is 17.0 Å². The molecule has 6 nitrogen and oxygen atoms in total. The van der Waals surface area contributed by atoms with Gasteiger partial charge in [-0.05, 0) is 44.0 Å². The van der Waals surface area contributed by atoms with Gasteiger partial charge in [0.2, 0.25) is 5.91 Å². The van der Waals surface area contributed by atoms with Crippen LogP contribution in [0.3, 0.4) is 0 Å². The van der Waals surface area contributed by atoms with Gasteiger partial charge in [0.25, 0.3) is 5.91 Å². The van der Waals surface area contributed by atoms with Crippen LogP contribution in [0.4, 0.5) is 5.69 Å². The van der Waals surface area contributed by atoms with Crippen molar-refractivity contribution in [3.63, 3.8) is 0 Å². The molecule has 22 heavy (non-hydrogen) atoms. The van der Waals surface area contributed by atoms with Crippen LogP contribution in [-0.2, 0) is 0 Å². The minimum Gasteiger partial charge on any atom is -0.366 e. The second-order valence-corrected chi connectivity index (χ2v) is 5.39. The van der Waals surface area contributed by atoms with E-state index in [2.05, 4.69) is 15.3 Å². The Hall–Kier alpha value is -2.76. The number of nitrogens with one attached hydrogen (secondary N) is 1. The van der Waals surface area contributed by atoms with Gasteiger partial charge in [-0.2, -0.15) is 0 Å². The molecule has 0 saturated heterocycles. The molecule has 1 saturated carbocycles. The number of aryl methyl sites for hydroxylation is 1. The molecule has 1 aliphatic carbocycles. The molecule has 112 valence electrons. The minimum absolute atomic E-state index is 0.259. The molecule has 1 heterocycles. The summed E-state index contributed by atoms with van der Waals surface area (Å²) < 4.78 is 0. The number of aromatic nitrogens is 2. The maximum Gasteiger partial charge on any atom is 0.255 e. The highest BCUT2D eigenvalue weighted by Crippen LogP contribution is 2.42. The van der Waals surface area contributed by atoms with Gasteiger partial charge >= 0.3 is 0 Å². The highest BCUT2D eigenvalue weighted by atomic mass is 16.2. The Morgan fingerprint density at radius 3 is 2.41 bits per heavy atom. The number of hydrogen-bond donors (Lipinski definition) is 2. The number of benzene rings is 1. The van der Waals surface area contributed by atoms with Crippen LogP contribution in [0.25, 0.3) is 0 Å². The van der Waals surface area contributed by atoms with Crippen molar-refractivity contribution in [2.24, 2.45) is 5.73 Å². The second kappa shape index (κ2) is 5.55. The van der Waals surface area contributed by atoms with Crippen molar-refractivity contribution in [2.75, 3.05) is 5.32 Å². The molecular formula is C16H16N4O2. The predicted molar refractivity (Wildman–Crippen MR) is 81.7 cm³/mol. The van der Waals surface area contributed by atoms with Gasteiger partial charge < -0.3 is 11.1 Å². The summed E-state index contributed by atoms with van der Waals surface area (Å²) in [5.41, 5.74) is 7.55. The van der Waals surface area contributed by atoms with E-state index in [0.717, 1.165) is 18.5 Å². The number of anilines is 1. The van der Waals surface area contributed by atoms with Crippen LogP contribution in [0.2, 0.25) is 0 Å². The van der Waals surface area contributed by atoms with Crippen LogP contribution in [0.15, 0.2) is 30.5 Å². The van der Waals surface area contributed by atoms with Crippen molar-refractivity contribution < 1.29 is 9.59 Å². The average Bonchev–Trinajstić information content (AvgIpc) is 3.33. The van der Waals surface area contributed by atoms with E-state index < -0.39 is 5.91 Å². The largest absolute Gasteiger partial charge is 0.366 e. The lowest BCUT2D eigenvalue weighted by Gasteiger charge is -2.10. The SMILES string of the molecule is Cc1ncc(NC(=O)c2ccc(C(N)=O)cc2)c(C2CC2)n1. The van der Waals surface area contributed by atoms with Crippen molar-refractivity contribution in [3.05, 3.63) is 53.1 Å². The standard InChI is InChI=1S/C16H16N4O2/c1-9-18-8-13(14(19-9)10-2-3-10)20-16(22)12-6-4-11(5-7-12)15(17)21/h4-8,10H,2-3H2,1H3,(H2,17,21)(H,20,22). The molecule has 0 bridgehead atoms. The summed E-state index contributed by atoms with van der Waals surface area (Å²) in [6.07, 6.45) is 3.82. The fourth-order valence-corrected chi connectivity index (χ4v) is 2.23. The highest BCUT2D eigenvalue weighted by Gasteiger charge is 2.28. The van der Waals surface area contributed by atoms with Crippen LogP contribution >= 0.6 is 0 Å². The topological polar surface area (TPSA) is 98.0 Å². The van der Waals surface area contributed by atoms with Crippen LogP contribution in [0.1, 0.15) is 51.0 Å². The van der Waals surface area contributed by atoms with Gasteiger partial charge in [0.1, 0.15) is 5.82 Å². The predicted octanol–water partition coefficient (Wildman–Crippen LogP) is 2.01. The van der Waals surface area contributed by atoms with Crippen LogP contribution in [-0.4, -0.2) is 21.8 Å². The fourth-order valence-electron chi connectivity index (χ4n) is 2.23. The number of nitrogens with two attached hydrogens (primary N) is 1. The summed E-state index contributed by atoms with van der Waals surface area (Å²) >= 11 is 0. The normalized spacial score (nSPS) is 13.7. The van der Waals surface area contributed by atoms with Gasteiger partial charge in [-0.1, -0.05) is 0 Å². The van der Waals surface area contributed by atoms with E-state index in [-0.39, 0.29) is 5.91 Å². The third-order valence-corrected chi connectivity index (χ3v) is 3.58. The quantitative estimate of drug-likeness (QED) is 0.901. The monoisotopic (exact) mass is 296 g/mol. The van der Waals surface area contributed by atoms with Gasteiger partial charge in [0.15, 0.2) is 0 Å². The molecule has 3 N–H and O–H groups in total. The van der Waals surface area contributed by atoms with E-state index in [1.54, 1.807) is 18.3 Å². The minimum atomic E-state index is -0.519. The van der Waals surface area contributed by atoms with Gasteiger partial charge in [-0.15, -0.1) is 0 Å². The first kappa shape index (κ1) is 14.2. The number of carbonyl (C=O) groups is 2. The summed E-state index contributed by atoms with van der Waals surface area (Å²) in [6, 6.07) is 6.21. The summed E-state index contributed by atoms with van der Waals surface area (Å²) in [5, 5.41) is 2.84. The lowest BCUT2D eigenvalue weighted by molar-refractivity contribution is 0.0995. The molecule has 0 unspecified atom stereocenters. The molecule has 0 aliphatic heterocycles. The number of carbonyl (C=O) groups excluding carboxylic acids is 2. The Balaban J connectivity index is 1.81. The molecule has 0 atom stereocenters.